The molecule has 0 aliphatic heterocycles. The van der Waals surface area contributed by atoms with Gasteiger partial charge in [-0.25, -0.2) is 23.4 Å². The molecule has 8 nitrogen and oxygen atoms in total. The second-order valence-corrected chi connectivity index (χ2v) is 6.88. The number of aliphatic imine (C=N–C) groups is 1. The Hall–Kier alpha value is -3.92. The number of nitrogens with zero attached hydrogens (tertiary/aromatic N) is 6. The molecule has 0 amide bonds. The van der Waals surface area contributed by atoms with Gasteiger partial charge in [0.05, 0.1) is 12.6 Å². The van der Waals surface area contributed by atoms with Gasteiger partial charge >= 0.3 is 0 Å². The number of ether oxygens (including phenoxy) is 1. The Morgan fingerprint density at radius 3 is 2.69 bits per heavy atom. The minimum atomic E-state index is -0.940. The third-order valence-electron chi connectivity index (χ3n) is 5.08. The predicted molar refractivity (Wildman–Crippen MR) is 117 cm³/mol. The molecule has 10 heteroatoms. The highest BCUT2D eigenvalue weighted by Crippen LogP contribution is 2.29. The average molecular weight is 438 g/mol. The Bertz CT molecular complexity index is 1340. The van der Waals surface area contributed by atoms with Crippen molar-refractivity contribution in [3.05, 3.63) is 71.4 Å². The molecule has 3 aromatic heterocycles. The van der Waals surface area contributed by atoms with Crippen LogP contribution in [0.4, 0.5) is 8.78 Å². The van der Waals surface area contributed by atoms with Crippen LogP contribution in [0, 0.1) is 11.6 Å². The summed E-state index contributed by atoms with van der Waals surface area (Å²) in [6.45, 7) is 3.41. The van der Waals surface area contributed by atoms with Crippen molar-refractivity contribution >= 4 is 23.8 Å². The van der Waals surface area contributed by atoms with E-state index in [9.17, 15) is 13.9 Å². The fourth-order valence-electron chi connectivity index (χ4n) is 3.60. The summed E-state index contributed by atoms with van der Waals surface area (Å²) in [6.07, 6.45) is 3.37. The largest absolute Gasteiger partial charge is 0.480 e. The van der Waals surface area contributed by atoms with Crippen LogP contribution in [0.3, 0.4) is 0 Å². The second-order valence-electron chi connectivity index (χ2n) is 6.88. The molecular formula is C22H20F2N6O2. The lowest BCUT2D eigenvalue weighted by molar-refractivity contribution is 0.267. The molecule has 0 atom stereocenters. The Morgan fingerprint density at radius 2 is 2.03 bits per heavy atom. The van der Waals surface area contributed by atoms with Crippen molar-refractivity contribution < 1.29 is 18.6 Å². The average Bonchev–Trinajstić information content (AvgIpc) is 3.38. The van der Waals surface area contributed by atoms with Crippen molar-refractivity contribution in [2.24, 2.45) is 10.1 Å². The maximum atomic E-state index is 13.7. The third-order valence-corrected chi connectivity index (χ3v) is 5.08. The van der Waals surface area contributed by atoms with Crippen molar-refractivity contribution in [2.45, 2.75) is 13.2 Å². The number of halogens is 2. The van der Waals surface area contributed by atoms with Gasteiger partial charge in [-0.3, -0.25) is 4.99 Å². The number of hydrogen-bond donors (Lipinski definition) is 1. The number of hydrogen-bond acceptors (Lipinski definition) is 6. The molecule has 4 rings (SSSR count). The first-order valence-corrected chi connectivity index (χ1v) is 9.60. The van der Waals surface area contributed by atoms with E-state index in [-0.39, 0.29) is 13.2 Å². The maximum Gasteiger partial charge on any atom is 0.235 e. The summed E-state index contributed by atoms with van der Waals surface area (Å²) in [5.41, 5.74) is 3.63. The minimum absolute atomic E-state index is 0.177. The lowest BCUT2D eigenvalue weighted by atomic mass is 10.1. The number of imidazole rings is 1. The van der Waals surface area contributed by atoms with Crippen molar-refractivity contribution in [2.75, 3.05) is 14.2 Å². The lowest BCUT2D eigenvalue weighted by Gasteiger charge is -2.11. The summed E-state index contributed by atoms with van der Waals surface area (Å²) in [6, 6.07) is 7.36. The molecule has 1 aromatic carbocycles. The molecule has 0 saturated carbocycles. The normalized spacial score (nSPS) is 11.8. The van der Waals surface area contributed by atoms with Crippen LogP contribution in [0.25, 0.3) is 22.3 Å². The number of aromatic nitrogens is 4. The van der Waals surface area contributed by atoms with E-state index in [1.54, 1.807) is 28.7 Å². The summed E-state index contributed by atoms with van der Waals surface area (Å²) < 4.78 is 35.7. The first kappa shape index (κ1) is 21.3. The third kappa shape index (κ3) is 3.65. The van der Waals surface area contributed by atoms with E-state index in [1.165, 1.54) is 13.2 Å². The summed E-state index contributed by atoms with van der Waals surface area (Å²) in [5.74, 6) is -1.14. The predicted octanol–water partition coefficient (Wildman–Crippen LogP) is 3.21. The van der Waals surface area contributed by atoms with Gasteiger partial charge in [-0.1, -0.05) is 6.07 Å². The van der Waals surface area contributed by atoms with Crippen LogP contribution in [0.2, 0.25) is 0 Å². The van der Waals surface area contributed by atoms with Crippen LogP contribution in [-0.4, -0.2) is 51.1 Å². The fraction of sp³-hybridized carbons (Fsp3) is 0.182. The van der Waals surface area contributed by atoms with Crippen molar-refractivity contribution in [3.8, 4) is 11.1 Å². The first-order chi connectivity index (χ1) is 15.5. The van der Waals surface area contributed by atoms with Gasteiger partial charge in [-0.15, -0.1) is 0 Å². The molecule has 0 saturated heterocycles. The van der Waals surface area contributed by atoms with Gasteiger partial charge in [-0.05, 0) is 29.8 Å². The highest BCUT2D eigenvalue weighted by atomic mass is 19.2. The van der Waals surface area contributed by atoms with Gasteiger partial charge in [0.25, 0.3) is 0 Å². The molecule has 0 radical (unpaired) electrons. The molecule has 1 N–H and O–H groups in total. The topological polar surface area (TPSA) is 89.8 Å². The van der Waals surface area contributed by atoms with Crippen LogP contribution >= 0.6 is 0 Å². The van der Waals surface area contributed by atoms with Gasteiger partial charge in [0, 0.05) is 43.8 Å². The Balaban J connectivity index is 1.86. The van der Waals surface area contributed by atoms with Crippen LogP contribution in [0.5, 0.6) is 0 Å². The summed E-state index contributed by atoms with van der Waals surface area (Å²) in [4.78, 5) is 13.0. The quantitative estimate of drug-likeness (QED) is 0.370. The Morgan fingerprint density at radius 1 is 1.22 bits per heavy atom. The molecular weight excluding hydrogens is 418 g/mol. The Labute approximate surface area is 182 Å². The Kier molecular flexibility index (Phi) is 5.78. The van der Waals surface area contributed by atoms with Crippen molar-refractivity contribution in [1.29, 1.82) is 0 Å². The van der Waals surface area contributed by atoms with Gasteiger partial charge in [0.2, 0.25) is 5.90 Å². The van der Waals surface area contributed by atoms with Crippen LogP contribution in [-0.2, 0) is 17.9 Å². The highest BCUT2D eigenvalue weighted by Gasteiger charge is 2.19. The van der Waals surface area contributed by atoms with Gasteiger partial charge in [-0.2, -0.15) is 5.10 Å². The van der Waals surface area contributed by atoms with Crippen LogP contribution in [0.15, 0.2) is 52.8 Å². The SMILES string of the molecule is C=Nn1ccc(-c2cnc3nc(CO)n(Cc4ccc(F)c(F)c4)c3c2)c1C(=NC)OC. The van der Waals surface area contributed by atoms with Gasteiger partial charge < -0.3 is 14.4 Å². The molecule has 4 aromatic rings. The van der Waals surface area contributed by atoms with Crippen molar-refractivity contribution in [1.82, 2.24) is 19.2 Å². The molecule has 0 bridgehead atoms. The van der Waals surface area contributed by atoms with E-state index in [1.807, 2.05) is 12.1 Å². The number of aliphatic hydroxyl groups excluding tert-OH is 1. The molecule has 0 aliphatic carbocycles. The first-order valence-electron chi connectivity index (χ1n) is 9.60. The number of fused-ring (bicyclic) bond motifs is 1. The van der Waals surface area contributed by atoms with Crippen molar-refractivity contribution in [3.63, 3.8) is 0 Å². The smallest absolute Gasteiger partial charge is 0.235 e. The van der Waals surface area contributed by atoms with Crippen LogP contribution in [0.1, 0.15) is 17.1 Å². The van der Waals surface area contributed by atoms with Gasteiger partial charge in [0.1, 0.15) is 18.1 Å². The van der Waals surface area contributed by atoms with Crippen LogP contribution < -0.4 is 0 Å². The molecule has 164 valence electrons. The van der Waals surface area contributed by atoms with Gasteiger partial charge in [0.15, 0.2) is 17.3 Å². The zero-order chi connectivity index (χ0) is 22.8. The molecule has 0 fully saturated rings. The number of benzene rings is 1. The second kappa shape index (κ2) is 8.67. The fourth-order valence-corrected chi connectivity index (χ4v) is 3.60. The maximum absolute atomic E-state index is 13.7. The van der Waals surface area contributed by atoms with E-state index in [4.69, 9.17) is 4.74 Å². The molecule has 0 spiro atoms. The highest BCUT2D eigenvalue weighted by molar-refractivity contribution is 6.00. The monoisotopic (exact) mass is 438 g/mol. The molecule has 3 heterocycles. The van der Waals surface area contributed by atoms with E-state index in [0.717, 1.165) is 23.3 Å². The summed E-state index contributed by atoms with van der Waals surface area (Å²) in [7, 11) is 3.12. The number of aliphatic hydroxyl groups is 1. The summed E-state index contributed by atoms with van der Waals surface area (Å²) in [5, 5.41) is 13.8. The molecule has 32 heavy (non-hydrogen) atoms. The number of methoxy groups -OCH3 is 1. The zero-order valence-corrected chi connectivity index (χ0v) is 17.5. The lowest BCUT2D eigenvalue weighted by Crippen LogP contribution is -2.10. The molecule has 0 unspecified atom stereocenters. The minimum Gasteiger partial charge on any atom is -0.480 e. The standard InChI is InChI=1S/C22H20F2N6O2/c1-25-22(32-3)20-15(6-7-30(20)26-2)14-9-18-21(27-10-14)28-19(12-31)29(18)11-13-4-5-16(23)17(24)8-13/h4-10,31H,2,11-12H2,1,3H3. The van der Waals surface area contributed by atoms with E-state index < -0.39 is 11.6 Å². The molecule has 0 aliphatic rings. The van der Waals surface area contributed by atoms with E-state index in [2.05, 4.69) is 26.8 Å². The van der Waals surface area contributed by atoms with E-state index in [0.29, 0.717) is 34.1 Å². The summed E-state index contributed by atoms with van der Waals surface area (Å²) >= 11 is 0. The van der Waals surface area contributed by atoms with E-state index >= 15 is 0 Å². The number of rotatable bonds is 6. The zero-order valence-electron chi connectivity index (χ0n) is 17.5. The number of pyridine rings is 1.